The number of carbonyl (C=O) groups is 2. The van der Waals surface area contributed by atoms with Crippen LogP contribution in [0.2, 0.25) is 15.2 Å². The van der Waals surface area contributed by atoms with Crippen molar-refractivity contribution in [2.24, 2.45) is 0 Å². The molecule has 2 aromatic carbocycles. The van der Waals surface area contributed by atoms with E-state index < -0.39 is 20.0 Å². The van der Waals surface area contributed by atoms with E-state index in [1.165, 1.54) is 43.8 Å². The molecule has 3 N–H and O–H groups in total. The summed E-state index contributed by atoms with van der Waals surface area (Å²) in [4.78, 5) is 47.7. The molecule has 4 aromatic heterocycles. The first-order valence-corrected chi connectivity index (χ1v) is 32.6. The van der Waals surface area contributed by atoms with E-state index in [1.807, 2.05) is 21.5 Å². The standard InChI is InChI=1S/C27H34ClN7O4S.C24H28Cl2N6O4S.C3H7N.2CH4/c1-40(37,38)31-21-8-7-19(28)16-20(21)27(36)34-11-4-2-3-6-23(34)22-17-25-29-24(32-9-5-10-32)18-26(35(25)30-22)33-12-14-39-15-13-33;1-37(34,35)29-18-7-6-16(25)13-17(18)24(33)31-8-4-2-3-5-20(31)19-14-22-27-21(26)15-23(32(22)28-19)30-9-11-36-12-10-30;1-2-4-3-1;;/h7-8,16-18,23,31H,2-6,9-15H2,1H3;6-7,13-15,20,29H,2-5,8-12H2,1H3;4H,1-3H2;2*1H4. The van der Waals surface area contributed by atoms with Gasteiger partial charge in [0.1, 0.15) is 22.6 Å². The SMILES string of the molecule is C.C.C1CNC1.CS(=O)(=O)Nc1ccc(Cl)cc1C(=O)N1CCCCCC1c1cc2nc(Cl)cc(N3CCOCC3)n2n1.CS(=O)(=O)Nc1ccc(Cl)cc1C(=O)N1CCCCCC1c1cc2nc(N3CCC3)cc(N3CCOCC3)n2n1. The van der Waals surface area contributed by atoms with Gasteiger partial charge >= 0.3 is 0 Å². The molecule has 6 saturated heterocycles. The van der Waals surface area contributed by atoms with Gasteiger partial charge in [0.05, 0.1) is 84.9 Å². The van der Waals surface area contributed by atoms with Crippen LogP contribution < -0.4 is 29.5 Å². The monoisotopic (exact) mass is 1240 g/mol. The van der Waals surface area contributed by atoms with Crippen molar-refractivity contribution in [1.29, 1.82) is 0 Å². The van der Waals surface area contributed by atoms with Crippen LogP contribution in [0.25, 0.3) is 11.3 Å². The molecule has 6 aromatic rings. The molecular formula is C56H77Cl3N14O8S2. The largest absolute Gasteiger partial charge is 0.378 e. The Morgan fingerprint density at radius 3 is 1.39 bits per heavy atom. The van der Waals surface area contributed by atoms with Crippen LogP contribution in [0.3, 0.4) is 0 Å². The van der Waals surface area contributed by atoms with Crippen LogP contribution >= 0.6 is 34.8 Å². The summed E-state index contributed by atoms with van der Waals surface area (Å²) < 4.78 is 67.7. The topological polar surface area (TPSA) is 234 Å². The van der Waals surface area contributed by atoms with E-state index in [9.17, 15) is 26.4 Å². The molecule has 6 aliphatic heterocycles. The fourth-order valence-electron chi connectivity index (χ4n) is 10.7. The second kappa shape index (κ2) is 28.0. The first-order chi connectivity index (χ1) is 39.0. The Morgan fingerprint density at radius 2 is 0.976 bits per heavy atom. The van der Waals surface area contributed by atoms with Crippen molar-refractivity contribution in [2.75, 3.05) is 129 Å². The van der Waals surface area contributed by atoms with E-state index in [2.05, 4.69) is 40.5 Å². The zero-order valence-corrected chi connectivity index (χ0v) is 49.4. The number of aromatic nitrogens is 6. The van der Waals surface area contributed by atoms with Gasteiger partial charge in [-0.15, -0.1) is 0 Å². The van der Waals surface area contributed by atoms with Crippen molar-refractivity contribution in [3.05, 3.63) is 98.4 Å². The molecule has 2 unspecified atom stereocenters. The van der Waals surface area contributed by atoms with Gasteiger partial charge in [-0.05, 0) is 88.0 Å². The number of halogens is 3. The number of ether oxygens (including phenoxy) is 2. The molecule has 22 nitrogen and oxygen atoms in total. The lowest BCUT2D eigenvalue weighted by Gasteiger charge is -2.34. The molecular weight excluding hydrogens is 1170 g/mol. The zero-order chi connectivity index (χ0) is 56.8. The highest BCUT2D eigenvalue weighted by atomic mass is 35.5. The van der Waals surface area contributed by atoms with Gasteiger partial charge in [0.25, 0.3) is 11.8 Å². The third-order valence-electron chi connectivity index (χ3n) is 15.1. The first-order valence-electron chi connectivity index (χ1n) is 27.7. The molecule has 0 aliphatic carbocycles. The smallest absolute Gasteiger partial charge is 0.256 e. The summed E-state index contributed by atoms with van der Waals surface area (Å²) in [5, 5.41) is 14.1. The van der Waals surface area contributed by atoms with E-state index in [0.717, 1.165) is 119 Å². The van der Waals surface area contributed by atoms with E-state index in [1.54, 1.807) is 27.6 Å². The third kappa shape index (κ3) is 15.6. The Hall–Kier alpha value is -5.73. The highest BCUT2D eigenvalue weighted by Gasteiger charge is 2.35. The van der Waals surface area contributed by atoms with Crippen LogP contribution in [-0.2, 0) is 29.5 Å². The maximum Gasteiger partial charge on any atom is 0.256 e. The Morgan fingerprint density at radius 1 is 0.542 bits per heavy atom. The van der Waals surface area contributed by atoms with Crippen LogP contribution in [-0.4, -0.2) is 172 Å². The number of likely N-dealkylation sites (tertiary alicyclic amines) is 2. The molecule has 0 radical (unpaired) electrons. The maximum atomic E-state index is 14.1. The fraction of sp³-hybridized carbons (Fsp3) is 0.536. The van der Waals surface area contributed by atoms with Crippen LogP contribution in [0.4, 0.5) is 28.8 Å². The van der Waals surface area contributed by atoms with Crippen molar-refractivity contribution in [1.82, 2.24) is 44.3 Å². The van der Waals surface area contributed by atoms with Crippen LogP contribution in [0.15, 0.2) is 60.7 Å². The van der Waals surface area contributed by atoms with Crippen molar-refractivity contribution in [3.8, 4) is 0 Å². The van der Waals surface area contributed by atoms with Crippen LogP contribution in [0, 0.1) is 0 Å². The molecule has 0 spiro atoms. The van der Waals surface area contributed by atoms with Crippen LogP contribution in [0.5, 0.6) is 0 Å². The fourth-order valence-corrected chi connectivity index (χ4v) is 12.4. The number of morpholine rings is 2. The van der Waals surface area contributed by atoms with Crippen molar-refractivity contribution in [3.63, 3.8) is 0 Å². The minimum Gasteiger partial charge on any atom is -0.378 e. The Balaban J connectivity index is 0.000000199. The lowest BCUT2D eigenvalue weighted by atomic mass is 10.0. The summed E-state index contributed by atoms with van der Waals surface area (Å²) in [6.45, 7) is 11.0. The number of sulfonamides is 2. The maximum absolute atomic E-state index is 14.1. The summed E-state index contributed by atoms with van der Waals surface area (Å²) in [6, 6.07) is 16.4. The lowest BCUT2D eigenvalue weighted by Crippen LogP contribution is -2.40. The predicted molar refractivity (Wildman–Crippen MR) is 329 cm³/mol. The minimum absolute atomic E-state index is 0. The molecule has 6 fully saturated rings. The van der Waals surface area contributed by atoms with Gasteiger partial charge < -0.3 is 39.3 Å². The Labute approximate surface area is 502 Å². The quantitative estimate of drug-likeness (QED) is 0.103. The molecule has 2 atom stereocenters. The second-order valence-corrected chi connectivity index (χ2v) is 25.8. The highest BCUT2D eigenvalue weighted by Crippen LogP contribution is 2.37. The molecule has 0 bridgehead atoms. The predicted octanol–water partition coefficient (Wildman–Crippen LogP) is 8.81. The van der Waals surface area contributed by atoms with Crippen LogP contribution in [0.1, 0.15) is 123 Å². The van der Waals surface area contributed by atoms with Gasteiger partial charge in [0, 0.05) is 86.7 Å². The van der Waals surface area contributed by atoms with Crippen molar-refractivity contribution >= 4 is 107 Å². The number of carbonyl (C=O) groups excluding carboxylic acids is 2. The number of fused-ring (bicyclic) bond motifs is 2. The second-order valence-electron chi connectivity index (χ2n) is 21.1. The van der Waals surface area contributed by atoms with E-state index in [0.29, 0.717) is 85.6 Å². The molecule has 2 amide bonds. The third-order valence-corrected chi connectivity index (χ3v) is 16.9. The Kier molecular flexibility index (Phi) is 21.3. The first kappa shape index (κ1) is 63.3. The number of amides is 2. The van der Waals surface area contributed by atoms with Gasteiger partial charge in [0.15, 0.2) is 11.3 Å². The number of nitrogens with one attached hydrogen (secondary N) is 3. The lowest BCUT2D eigenvalue weighted by molar-refractivity contribution is 0.0670. The summed E-state index contributed by atoms with van der Waals surface area (Å²) in [7, 11) is -7.20. The van der Waals surface area contributed by atoms with E-state index in [4.69, 9.17) is 59.5 Å². The van der Waals surface area contributed by atoms with Crippen molar-refractivity contribution < 1.29 is 35.9 Å². The summed E-state index contributed by atoms with van der Waals surface area (Å²) in [6.07, 6.45) is 11.6. The normalized spacial score (nSPS) is 19.5. The van der Waals surface area contributed by atoms with Gasteiger partial charge in [-0.3, -0.25) is 19.0 Å². The molecule has 10 heterocycles. The molecule has 83 heavy (non-hydrogen) atoms. The van der Waals surface area contributed by atoms with Crippen molar-refractivity contribution in [2.45, 2.75) is 91.1 Å². The number of rotatable bonds is 11. The minimum atomic E-state index is -3.60. The molecule has 27 heteroatoms. The van der Waals surface area contributed by atoms with E-state index in [-0.39, 0.29) is 61.3 Å². The highest BCUT2D eigenvalue weighted by molar-refractivity contribution is 7.92. The van der Waals surface area contributed by atoms with Gasteiger partial charge in [0.2, 0.25) is 20.0 Å². The number of benzene rings is 2. The number of hydrogen-bond acceptors (Lipinski definition) is 16. The molecule has 452 valence electrons. The number of hydrogen-bond donors (Lipinski definition) is 3. The molecule has 12 rings (SSSR count). The van der Waals surface area contributed by atoms with Gasteiger partial charge in [-0.2, -0.15) is 19.2 Å². The summed E-state index contributed by atoms with van der Waals surface area (Å²) in [5.74, 6) is 2.15. The molecule has 0 saturated carbocycles. The number of nitrogens with zero attached hydrogens (tertiary/aromatic N) is 11. The number of anilines is 5. The summed E-state index contributed by atoms with van der Waals surface area (Å²) >= 11 is 18.9. The zero-order valence-electron chi connectivity index (χ0n) is 45.5. The van der Waals surface area contributed by atoms with E-state index >= 15 is 0 Å². The summed E-state index contributed by atoms with van der Waals surface area (Å²) in [5.41, 5.74) is 3.66. The Bertz CT molecular complexity index is 3460. The van der Waals surface area contributed by atoms with Gasteiger partial charge in [-0.1, -0.05) is 75.3 Å². The molecule has 6 aliphatic rings. The average Bonchev–Trinajstić information content (AvgIpc) is 3.25. The van der Waals surface area contributed by atoms with Gasteiger partial charge in [-0.25, -0.2) is 26.8 Å². The average molecular weight is 1240 g/mol.